The normalized spacial score (nSPS) is 29.1. The van der Waals surface area contributed by atoms with Crippen molar-refractivity contribution in [3.63, 3.8) is 0 Å². The molecule has 2 N–H and O–H groups in total. The van der Waals surface area contributed by atoms with Crippen LogP contribution in [0.3, 0.4) is 0 Å². The van der Waals surface area contributed by atoms with Crippen molar-refractivity contribution in [3.8, 4) is 0 Å². The third-order valence-electron chi connectivity index (χ3n) is 2.94. The largest absolute Gasteiger partial charge is 0.478 e. The molecular formula is C11H19NO3. The van der Waals surface area contributed by atoms with Crippen molar-refractivity contribution in [3.05, 3.63) is 11.6 Å². The number of likely N-dealkylation sites (tertiary alicyclic amines) is 1. The fourth-order valence-electron chi connectivity index (χ4n) is 1.74. The number of carboxylic acids is 1. The Kier molecular flexibility index (Phi) is 4.29. The van der Waals surface area contributed by atoms with Crippen LogP contribution in [-0.4, -0.2) is 46.8 Å². The van der Waals surface area contributed by atoms with Gasteiger partial charge in [0.05, 0.1) is 6.10 Å². The maximum Gasteiger partial charge on any atom is 0.330 e. The molecule has 0 saturated carbocycles. The van der Waals surface area contributed by atoms with Gasteiger partial charge < -0.3 is 10.2 Å². The Bertz CT molecular complexity index is 263. The molecule has 0 aromatic heterocycles. The third-order valence-corrected chi connectivity index (χ3v) is 2.94. The zero-order valence-electron chi connectivity index (χ0n) is 9.31. The fourth-order valence-corrected chi connectivity index (χ4v) is 1.74. The van der Waals surface area contributed by atoms with Gasteiger partial charge in [0.2, 0.25) is 0 Å². The van der Waals surface area contributed by atoms with Crippen LogP contribution >= 0.6 is 0 Å². The van der Waals surface area contributed by atoms with Crippen molar-refractivity contribution >= 4 is 5.97 Å². The predicted octanol–water partition coefficient (Wildman–Crippen LogP) is 0.720. The number of aliphatic carboxylic acids is 1. The second kappa shape index (κ2) is 5.28. The highest BCUT2D eigenvalue weighted by Gasteiger charge is 2.23. The lowest BCUT2D eigenvalue weighted by molar-refractivity contribution is -0.132. The smallest absolute Gasteiger partial charge is 0.330 e. The van der Waals surface area contributed by atoms with E-state index in [9.17, 15) is 9.90 Å². The van der Waals surface area contributed by atoms with Gasteiger partial charge in [0.15, 0.2) is 0 Å². The van der Waals surface area contributed by atoms with Crippen LogP contribution in [0.15, 0.2) is 11.6 Å². The van der Waals surface area contributed by atoms with E-state index in [1.807, 2.05) is 6.92 Å². The minimum Gasteiger partial charge on any atom is -0.478 e. The summed E-state index contributed by atoms with van der Waals surface area (Å²) in [5.41, 5.74) is 0.383. The van der Waals surface area contributed by atoms with Crippen molar-refractivity contribution in [2.75, 3.05) is 19.6 Å². The minimum absolute atomic E-state index is 0.203. The molecule has 0 aliphatic carbocycles. The summed E-state index contributed by atoms with van der Waals surface area (Å²) in [5, 5.41) is 18.2. The topological polar surface area (TPSA) is 60.8 Å². The molecule has 0 bridgehead atoms. The molecule has 1 heterocycles. The summed E-state index contributed by atoms with van der Waals surface area (Å²) in [6.45, 7) is 5.96. The maximum atomic E-state index is 10.6. The second-order valence-corrected chi connectivity index (χ2v) is 4.29. The SMILES string of the molecule is CC(=CCN1CCC(O)C(C)C1)C(=O)O. The van der Waals surface area contributed by atoms with E-state index in [4.69, 9.17) is 5.11 Å². The Labute approximate surface area is 90.2 Å². The number of rotatable bonds is 3. The zero-order chi connectivity index (χ0) is 11.4. The van der Waals surface area contributed by atoms with Gasteiger partial charge >= 0.3 is 5.97 Å². The van der Waals surface area contributed by atoms with Crippen LogP contribution in [0.5, 0.6) is 0 Å². The summed E-state index contributed by atoms with van der Waals surface area (Å²) in [6.07, 6.45) is 2.30. The molecule has 0 aromatic rings. The second-order valence-electron chi connectivity index (χ2n) is 4.29. The van der Waals surface area contributed by atoms with E-state index in [-0.39, 0.29) is 12.0 Å². The van der Waals surface area contributed by atoms with Crippen molar-refractivity contribution in [1.82, 2.24) is 4.90 Å². The van der Waals surface area contributed by atoms with E-state index in [0.29, 0.717) is 12.1 Å². The zero-order valence-corrected chi connectivity index (χ0v) is 9.31. The van der Waals surface area contributed by atoms with Gasteiger partial charge in [-0.2, -0.15) is 0 Å². The van der Waals surface area contributed by atoms with Gasteiger partial charge in [-0.1, -0.05) is 13.0 Å². The summed E-state index contributed by atoms with van der Waals surface area (Å²) >= 11 is 0. The van der Waals surface area contributed by atoms with E-state index in [1.54, 1.807) is 13.0 Å². The van der Waals surface area contributed by atoms with Crippen molar-refractivity contribution < 1.29 is 15.0 Å². The molecule has 0 spiro atoms. The van der Waals surface area contributed by atoms with Gasteiger partial charge in [0.25, 0.3) is 0 Å². The Balaban J connectivity index is 2.41. The highest BCUT2D eigenvalue weighted by molar-refractivity contribution is 5.85. The van der Waals surface area contributed by atoms with Crippen molar-refractivity contribution in [2.24, 2.45) is 5.92 Å². The first kappa shape index (κ1) is 12.2. The van der Waals surface area contributed by atoms with Crippen LogP contribution in [0.2, 0.25) is 0 Å². The first-order valence-electron chi connectivity index (χ1n) is 5.31. The van der Waals surface area contributed by atoms with Gasteiger partial charge in [0.1, 0.15) is 0 Å². The number of carbonyl (C=O) groups is 1. The Hall–Kier alpha value is -0.870. The molecule has 86 valence electrons. The van der Waals surface area contributed by atoms with Gasteiger partial charge in [-0.05, 0) is 19.3 Å². The van der Waals surface area contributed by atoms with Crippen LogP contribution in [0.25, 0.3) is 0 Å². The third kappa shape index (κ3) is 3.64. The molecule has 1 aliphatic rings. The van der Waals surface area contributed by atoms with Crippen LogP contribution in [0.4, 0.5) is 0 Å². The quantitative estimate of drug-likeness (QED) is 0.678. The van der Waals surface area contributed by atoms with Gasteiger partial charge in [-0.25, -0.2) is 4.79 Å². The monoisotopic (exact) mass is 213 g/mol. The molecule has 15 heavy (non-hydrogen) atoms. The molecule has 4 heteroatoms. The van der Waals surface area contributed by atoms with Crippen LogP contribution < -0.4 is 0 Å². The molecule has 2 unspecified atom stereocenters. The van der Waals surface area contributed by atoms with Crippen LogP contribution in [-0.2, 0) is 4.79 Å². The number of carboxylic acid groups (broad SMARTS) is 1. The first-order chi connectivity index (χ1) is 7.00. The molecule has 0 aromatic carbocycles. The first-order valence-corrected chi connectivity index (χ1v) is 5.31. The maximum absolute atomic E-state index is 10.6. The van der Waals surface area contributed by atoms with Crippen LogP contribution in [0, 0.1) is 5.92 Å². The molecule has 4 nitrogen and oxygen atoms in total. The van der Waals surface area contributed by atoms with Gasteiger partial charge in [0, 0.05) is 25.2 Å². The highest BCUT2D eigenvalue weighted by Crippen LogP contribution is 2.16. The average molecular weight is 213 g/mol. The lowest BCUT2D eigenvalue weighted by atomic mass is 9.97. The fraction of sp³-hybridized carbons (Fsp3) is 0.727. The van der Waals surface area contributed by atoms with E-state index in [0.717, 1.165) is 19.5 Å². The molecule has 0 radical (unpaired) electrons. The molecule has 1 aliphatic heterocycles. The van der Waals surface area contributed by atoms with Crippen molar-refractivity contribution in [1.29, 1.82) is 0 Å². The minimum atomic E-state index is -0.861. The molecule has 1 rings (SSSR count). The molecular weight excluding hydrogens is 194 g/mol. The lowest BCUT2D eigenvalue weighted by Gasteiger charge is -2.33. The summed E-state index contributed by atoms with van der Waals surface area (Å²) in [7, 11) is 0. The van der Waals surface area contributed by atoms with E-state index in [1.165, 1.54) is 0 Å². The number of hydrogen-bond acceptors (Lipinski definition) is 3. The molecule has 1 saturated heterocycles. The molecule has 2 atom stereocenters. The van der Waals surface area contributed by atoms with E-state index in [2.05, 4.69) is 4.90 Å². The summed E-state index contributed by atoms with van der Waals surface area (Å²) < 4.78 is 0. The summed E-state index contributed by atoms with van der Waals surface area (Å²) in [6, 6.07) is 0. The van der Waals surface area contributed by atoms with Crippen molar-refractivity contribution in [2.45, 2.75) is 26.4 Å². The summed E-state index contributed by atoms with van der Waals surface area (Å²) in [5.74, 6) is -0.586. The average Bonchev–Trinajstić information content (AvgIpc) is 2.19. The van der Waals surface area contributed by atoms with E-state index >= 15 is 0 Å². The predicted molar refractivity (Wildman–Crippen MR) is 57.6 cm³/mol. The van der Waals surface area contributed by atoms with Crippen LogP contribution in [0.1, 0.15) is 20.3 Å². The lowest BCUT2D eigenvalue weighted by Crippen LogP contribution is -2.41. The standard InChI is InChI=1S/C11H19NO3/c1-8(11(14)15)3-5-12-6-4-10(13)9(2)7-12/h3,9-10,13H,4-7H2,1-2H3,(H,14,15). The number of aliphatic hydroxyl groups excluding tert-OH is 1. The van der Waals surface area contributed by atoms with E-state index < -0.39 is 5.97 Å². The number of nitrogens with zero attached hydrogens (tertiary/aromatic N) is 1. The number of piperidine rings is 1. The Morgan fingerprint density at radius 1 is 1.60 bits per heavy atom. The number of aliphatic hydroxyl groups is 1. The molecule has 0 amide bonds. The number of hydrogen-bond donors (Lipinski definition) is 2. The van der Waals surface area contributed by atoms with Gasteiger partial charge in [-0.3, -0.25) is 4.90 Å². The summed E-state index contributed by atoms with van der Waals surface area (Å²) in [4.78, 5) is 12.7. The molecule has 1 fully saturated rings. The Morgan fingerprint density at radius 3 is 2.80 bits per heavy atom. The Morgan fingerprint density at radius 2 is 2.27 bits per heavy atom. The highest BCUT2D eigenvalue weighted by atomic mass is 16.4. The van der Waals surface area contributed by atoms with Gasteiger partial charge in [-0.15, -0.1) is 0 Å².